The molecule has 0 bridgehead atoms. The minimum atomic E-state index is 0.593. The lowest BCUT2D eigenvalue weighted by Gasteiger charge is -2.12. The molecule has 2 aromatic carbocycles. The van der Waals surface area contributed by atoms with Crippen molar-refractivity contribution >= 4 is 17.6 Å². The SMILES string of the molecule is CCNC(=NCc1cccc(Cn2cncn2)c1)NCc1cccc(Cl)c1. The van der Waals surface area contributed by atoms with Crippen LogP contribution in [-0.2, 0) is 19.6 Å². The van der Waals surface area contributed by atoms with Gasteiger partial charge in [0, 0.05) is 18.1 Å². The Bertz CT molecular complexity index is 876. The van der Waals surface area contributed by atoms with Crippen molar-refractivity contribution in [3.05, 3.63) is 82.9 Å². The molecule has 140 valence electrons. The van der Waals surface area contributed by atoms with Crippen molar-refractivity contribution in [1.29, 1.82) is 0 Å². The molecule has 0 aliphatic carbocycles. The quantitative estimate of drug-likeness (QED) is 0.486. The molecule has 3 aromatic rings. The molecular formula is C20H23ClN6. The molecule has 0 fully saturated rings. The Hall–Kier alpha value is -2.86. The van der Waals surface area contributed by atoms with E-state index in [0.717, 1.165) is 28.7 Å². The van der Waals surface area contributed by atoms with E-state index in [9.17, 15) is 0 Å². The lowest BCUT2D eigenvalue weighted by atomic mass is 10.1. The summed E-state index contributed by atoms with van der Waals surface area (Å²) in [7, 11) is 0. The zero-order valence-electron chi connectivity index (χ0n) is 15.3. The van der Waals surface area contributed by atoms with Crippen LogP contribution in [-0.4, -0.2) is 27.3 Å². The smallest absolute Gasteiger partial charge is 0.191 e. The minimum absolute atomic E-state index is 0.593. The molecule has 6 nitrogen and oxygen atoms in total. The molecule has 7 heteroatoms. The minimum Gasteiger partial charge on any atom is -0.357 e. The second kappa shape index (κ2) is 9.73. The number of aromatic nitrogens is 3. The van der Waals surface area contributed by atoms with Gasteiger partial charge in [-0.05, 0) is 35.7 Å². The molecule has 0 saturated heterocycles. The standard InChI is InChI=1S/C20H23ClN6/c1-2-23-20(25-12-17-6-4-8-19(21)10-17)24-11-16-5-3-7-18(9-16)13-27-15-22-14-26-27/h3-10,14-15H,2,11-13H2,1H3,(H2,23,24,25). The fourth-order valence-electron chi connectivity index (χ4n) is 2.67. The van der Waals surface area contributed by atoms with Crippen LogP contribution in [0.4, 0.5) is 0 Å². The molecule has 0 atom stereocenters. The first-order chi connectivity index (χ1) is 13.2. The lowest BCUT2D eigenvalue weighted by molar-refractivity contribution is 0.684. The van der Waals surface area contributed by atoms with Gasteiger partial charge in [0.15, 0.2) is 5.96 Å². The van der Waals surface area contributed by atoms with Gasteiger partial charge >= 0.3 is 0 Å². The first-order valence-corrected chi connectivity index (χ1v) is 9.27. The molecule has 3 rings (SSSR count). The number of aliphatic imine (C=N–C) groups is 1. The van der Waals surface area contributed by atoms with Crippen molar-refractivity contribution in [1.82, 2.24) is 25.4 Å². The molecular weight excluding hydrogens is 360 g/mol. The number of rotatable bonds is 7. The molecule has 0 saturated carbocycles. The number of nitrogens with one attached hydrogen (secondary N) is 2. The van der Waals surface area contributed by atoms with Gasteiger partial charge in [-0.25, -0.2) is 14.7 Å². The summed E-state index contributed by atoms with van der Waals surface area (Å²) in [5.41, 5.74) is 3.43. The van der Waals surface area contributed by atoms with Crippen LogP contribution in [0, 0.1) is 0 Å². The van der Waals surface area contributed by atoms with E-state index in [-0.39, 0.29) is 0 Å². The predicted molar refractivity (Wildman–Crippen MR) is 109 cm³/mol. The maximum absolute atomic E-state index is 6.04. The first kappa shape index (κ1) is 18.9. The first-order valence-electron chi connectivity index (χ1n) is 8.90. The summed E-state index contributed by atoms with van der Waals surface area (Å²) < 4.78 is 1.80. The third kappa shape index (κ3) is 6.11. The second-order valence-electron chi connectivity index (χ2n) is 6.09. The van der Waals surface area contributed by atoms with Gasteiger partial charge in [0.1, 0.15) is 12.7 Å². The summed E-state index contributed by atoms with van der Waals surface area (Å²) in [5, 5.41) is 11.5. The molecule has 1 aromatic heterocycles. The maximum Gasteiger partial charge on any atom is 0.191 e. The average Bonchev–Trinajstić information content (AvgIpc) is 3.17. The van der Waals surface area contributed by atoms with Crippen LogP contribution < -0.4 is 10.6 Å². The molecule has 0 aliphatic heterocycles. The van der Waals surface area contributed by atoms with Gasteiger partial charge in [-0.1, -0.05) is 48.0 Å². The number of nitrogens with zero attached hydrogens (tertiary/aromatic N) is 4. The molecule has 2 N–H and O–H groups in total. The highest BCUT2D eigenvalue weighted by Gasteiger charge is 2.01. The lowest BCUT2D eigenvalue weighted by Crippen LogP contribution is -2.36. The molecule has 27 heavy (non-hydrogen) atoms. The zero-order valence-corrected chi connectivity index (χ0v) is 16.0. The molecule has 1 heterocycles. The van der Waals surface area contributed by atoms with Crippen LogP contribution in [0.1, 0.15) is 23.6 Å². The second-order valence-corrected chi connectivity index (χ2v) is 6.53. The van der Waals surface area contributed by atoms with Gasteiger partial charge in [0.25, 0.3) is 0 Å². The van der Waals surface area contributed by atoms with Gasteiger partial charge < -0.3 is 10.6 Å². The predicted octanol–water partition coefficient (Wildman–Crippen LogP) is 3.24. The van der Waals surface area contributed by atoms with Crippen molar-refractivity contribution in [2.45, 2.75) is 26.6 Å². The Balaban J connectivity index is 1.62. The van der Waals surface area contributed by atoms with Crippen LogP contribution >= 0.6 is 11.6 Å². The van der Waals surface area contributed by atoms with Gasteiger partial charge in [0.05, 0.1) is 13.1 Å². The molecule has 0 aliphatic rings. The third-order valence-electron chi connectivity index (χ3n) is 3.92. The normalized spacial score (nSPS) is 11.4. The van der Waals surface area contributed by atoms with Crippen molar-refractivity contribution in [3.8, 4) is 0 Å². The van der Waals surface area contributed by atoms with Crippen LogP contribution in [0.25, 0.3) is 0 Å². The zero-order chi connectivity index (χ0) is 18.9. The van der Waals surface area contributed by atoms with Gasteiger partial charge in [-0.2, -0.15) is 5.10 Å². The van der Waals surface area contributed by atoms with E-state index in [1.54, 1.807) is 17.3 Å². The van der Waals surface area contributed by atoms with Crippen LogP contribution in [0.15, 0.2) is 66.2 Å². The fraction of sp³-hybridized carbons (Fsp3) is 0.250. The number of guanidine groups is 1. The molecule has 0 radical (unpaired) electrons. The Morgan fingerprint density at radius 3 is 2.67 bits per heavy atom. The van der Waals surface area contributed by atoms with E-state index >= 15 is 0 Å². The van der Waals surface area contributed by atoms with Crippen LogP contribution in [0.2, 0.25) is 5.02 Å². The van der Waals surface area contributed by atoms with Crippen molar-refractivity contribution in [3.63, 3.8) is 0 Å². The fourth-order valence-corrected chi connectivity index (χ4v) is 2.89. The van der Waals surface area contributed by atoms with Gasteiger partial charge in [-0.3, -0.25) is 0 Å². The van der Waals surface area contributed by atoms with Gasteiger partial charge in [-0.15, -0.1) is 0 Å². The highest BCUT2D eigenvalue weighted by molar-refractivity contribution is 6.30. The Morgan fingerprint density at radius 2 is 1.89 bits per heavy atom. The number of halogens is 1. The van der Waals surface area contributed by atoms with Crippen molar-refractivity contribution < 1.29 is 0 Å². The van der Waals surface area contributed by atoms with E-state index < -0.39 is 0 Å². The van der Waals surface area contributed by atoms with Crippen molar-refractivity contribution in [2.24, 2.45) is 4.99 Å². The van der Waals surface area contributed by atoms with E-state index in [2.05, 4.69) is 50.8 Å². The Labute approximate surface area is 164 Å². The molecule has 0 unspecified atom stereocenters. The third-order valence-corrected chi connectivity index (χ3v) is 4.15. The summed E-state index contributed by atoms with van der Waals surface area (Å²) in [6.45, 7) is 4.81. The summed E-state index contributed by atoms with van der Waals surface area (Å²) in [6.07, 6.45) is 3.26. The van der Waals surface area contributed by atoms with Gasteiger partial charge in [0.2, 0.25) is 0 Å². The summed E-state index contributed by atoms with van der Waals surface area (Å²) in [6, 6.07) is 16.2. The number of benzene rings is 2. The number of hydrogen-bond acceptors (Lipinski definition) is 3. The van der Waals surface area contributed by atoms with E-state index in [1.165, 1.54) is 5.56 Å². The number of hydrogen-bond donors (Lipinski definition) is 2. The highest BCUT2D eigenvalue weighted by atomic mass is 35.5. The van der Waals surface area contributed by atoms with E-state index in [1.807, 2.05) is 30.3 Å². The highest BCUT2D eigenvalue weighted by Crippen LogP contribution is 2.10. The van der Waals surface area contributed by atoms with E-state index in [0.29, 0.717) is 19.6 Å². The monoisotopic (exact) mass is 382 g/mol. The Kier molecular flexibility index (Phi) is 6.82. The topological polar surface area (TPSA) is 67.1 Å². The van der Waals surface area contributed by atoms with Crippen LogP contribution in [0.5, 0.6) is 0 Å². The maximum atomic E-state index is 6.04. The van der Waals surface area contributed by atoms with Crippen LogP contribution in [0.3, 0.4) is 0 Å². The van der Waals surface area contributed by atoms with E-state index in [4.69, 9.17) is 11.6 Å². The summed E-state index contributed by atoms with van der Waals surface area (Å²) in [5.74, 6) is 0.777. The molecule has 0 amide bonds. The molecule has 0 spiro atoms. The summed E-state index contributed by atoms with van der Waals surface area (Å²) >= 11 is 6.04. The average molecular weight is 383 g/mol. The Morgan fingerprint density at radius 1 is 1.07 bits per heavy atom. The largest absolute Gasteiger partial charge is 0.357 e. The summed E-state index contributed by atoms with van der Waals surface area (Å²) in [4.78, 5) is 8.66. The van der Waals surface area contributed by atoms with Crippen molar-refractivity contribution in [2.75, 3.05) is 6.54 Å².